The molecule has 1 aliphatic rings. The Morgan fingerprint density at radius 3 is 2.76 bits per heavy atom. The second kappa shape index (κ2) is 8.92. The van der Waals surface area contributed by atoms with E-state index >= 15 is 0 Å². The number of pyridine rings is 1. The van der Waals surface area contributed by atoms with E-state index in [-0.39, 0.29) is 24.0 Å². The molecule has 0 amide bonds. The lowest BCUT2D eigenvalue weighted by Crippen LogP contribution is -2.39. The third-order valence-corrected chi connectivity index (χ3v) is 7.66. The van der Waals surface area contributed by atoms with Crippen LogP contribution in [0.1, 0.15) is 36.2 Å². The molecule has 1 unspecified atom stereocenters. The lowest BCUT2D eigenvalue weighted by molar-refractivity contribution is 0.243. The number of rotatable bonds is 6. The number of aromatic nitrogens is 3. The van der Waals surface area contributed by atoms with Crippen LogP contribution in [0.2, 0.25) is 0 Å². The highest BCUT2D eigenvalue weighted by Gasteiger charge is 2.34. The zero-order valence-electron chi connectivity index (χ0n) is 18.2. The molecular formula is C24H24N4O4S. The quantitative estimate of drug-likeness (QED) is 0.424. The second-order valence-electron chi connectivity index (χ2n) is 8.12. The van der Waals surface area contributed by atoms with Crippen molar-refractivity contribution in [1.82, 2.24) is 19.5 Å². The van der Waals surface area contributed by atoms with Crippen molar-refractivity contribution in [2.45, 2.75) is 37.2 Å². The van der Waals surface area contributed by atoms with Crippen LogP contribution in [0.4, 0.5) is 0 Å². The van der Waals surface area contributed by atoms with Gasteiger partial charge >= 0.3 is 0 Å². The van der Waals surface area contributed by atoms with Crippen molar-refractivity contribution in [3.8, 4) is 5.75 Å². The summed E-state index contributed by atoms with van der Waals surface area (Å²) in [5, 5.41) is 9.06. The first-order chi connectivity index (χ1) is 16.0. The van der Waals surface area contributed by atoms with Gasteiger partial charge < -0.3 is 9.15 Å². The molecule has 0 spiro atoms. The maximum Gasteiger partial charge on any atom is 0.253 e. The Balaban J connectivity index is 1.34. The molecule has 1 atom stereocenters. The van der Waals surface area contributed by atoms with Gasteiger partial charge in [0.25, 0.3) is 5.89 Å². The third kappa shape index (κ3) is 4.46. The molecule has 0 N–H and O–H groups in total. The van der Waals surface area contributed by atoms with Crippen LogP contribution in [0.5, 0.6) is 5.75 Å². The molecule has 9 heteroatoms. The van der Waals surface area contributed by atoms with Gasteiger partial charge in [0.05, 0.1) is 11.4 Å². The number of hydrogen-bond acceptors (Lipinski definition) is 7. The summed E-state index contributed by atoms with van der Waals surface area (Å²) in [4.78, 5) is 4.73. The van der Waals surface area contributed by atoms with Crippen molar-refractivity contribution in [3.05, 3.63) is 78.1 Å². The molecular weight excluding hydrogens is 440 g/mol. The van der Waals surface area contributed by atoms with Gasteiger partial charge in [-0.05, 0) is 44.0 Å². The summed E-state index contributed by atoms with van der Waals surface area (Å²) < 4.78 is 40.1. The Morgan fingerprint density at radius 2 is 1.91 bits per heavy atom. The number of fused-ring (bicyclic) bond motifs is 1. The first-order valence-corrected chi connectivity index (χ1v) is 12.3. The highest BCUT2D eigenvalue weighted by Crippen LogP contribution is 2.32. The average Bonchev–Trinajstić information content (AvgIpc) is 3.32. The number of piperidine rings is 1. The molecule has 0 radical (unpaired) electrons. The van der Waals surface area contributed by atoms with E-state index in [0.29, 0.717) is 36.0 Å². The van der Waals surface area contributed by atoms with Crippen LogP contribution in [-0.2, 0) is 16.6 Å². The van der Waals surface area contributed by atoms with Crippen LogP contribution in [0.3, 0.4) is 0 Å². The molecule has 1 fully saturated rings. The summed E-state index contributed by atoms with van der Waals surface area (Å²) in [5.41, 5.74) is 1.27. The summed E-state index contributed by atoms with van der Waals surface area (Å²) in [5.74, 6) is 1.35. The molecule has 170 valence electrons. The minimum atomic E-state index is -3.73. The van der Waals surface area contributed by atoms with E-state index in [9.17, 15) is 8.42 Å². The first-order valence-electron chi connectivity index (χ1n) is 10.9. The molecule has 33 heavy (non-hydrogen) atoms. The lowest BCUT2D eigenvalue weighted by Gasteiger charge is -2.30. The summed E-state index contributed by atoms with van der Waals surface area (Å²) in [6.07, 6.45) is 1.49. The van der Waals surface area contributed by atoms with E-state index in [2.05, 4.69) is 15.2 Å². The lowest BCUT2D eigenvalue weighted by atomic mass is 10.00. The molecule has 2 aromatic heterocycles. The third-order valence-electron chi connectivity index (χ3n) is 5.76. The molecule has 1 saturated heterocycles. The smallest absolute Gasteiger partial charge is 0.253 e. The van der Waals surface area contributed by atoms with E-state index in [1.165, 1.54) is 4.31 Å². The van der Waals surface area contributed by atoms with Crippen LogP contribution in [0.15, 0.2) is 70.0 Å². The first kappa shape index (κ1) is 21.5. The monoisotopic (exact) mass is 464 g/mol. The molecule has 2 aromatic carbocycles. The van der Waals surface area contributed by atoms with Gasteiger partial charge in [0.15, 0.2) is 6.61 Å². The van der Waals surface area contributed by atoms with Crippen molar-refractivity contribution in [1.29, 1.82) is 0 Å². The van der Waals surface area contributed by atoms with E-state index < -0.39 is 10.0 Å². The number of benzene rings is 2. The fourth-order valence-electron chi connectivity index (χ4n) is 4.08. The topological polar surface area (TPSA) is 98.4 Å². The number of para-hydroxylation sites is 2. The Bertz CT molecular complexity index is 1370. The van der Waals surface area contributed by atoms with E-state index in [4.69, 9.17) is 9.15 Å². The zero-order valence-corrected chi connectivity index (χ0v) is 19.0. The zero-order chi connectivity index (χ0) is 22.8. The number of nitrogens with zero attached hydrogens (tertiary/aromatic N) is 4. The summed E-state index contributed by atoms with van der Waals surface area (Å²) in [6, 6.07) is 18.4. The molecule has 0 bridgehead atoms. The minimum absolute atomic E-state index is 0.159. The number of hydrogen-bond donors (Lipinski definition) is 0. The average molecular weight is 465 g/mol. The maximum absolute atomic E-state index is 13.6. The van der Waals surface area contributed by atoms with Gasteiger partial charge in [0.2, 0.25) is 15.9 Å². The summed E-state index contributed by atoms with van der Waals surface area (Å²) in [6.45, 7) is 2.74. The standard InChI is InChI=1S/C24H24N4O4S/c1-17-12-13-18-7-5-11-21(23(18)25-17)33(29,30)28-14-6-8-19(15-28)24-27-26-22(32-24)16-31-20-9-3-2-4-10-20/h2-5,7,9-13,19H,6,8,14-16H2,1H3. The fraction of sp³-hybridized carbons (Fsp3) is 0.292. The Morgan fingerprint density at radius 1 is 1.06 bits per heavy atom. The molecule has 0 saturated carbocycles. The van der Waals surface area contributed by atoms with Crippen LogP contribution < -0.4 is 4.74 Å². The van der Waals surface area contributed by atoms with Gasteiger partial charge in [0, 0.05) is 24.2 Å². The number of ether oxygens (including phenoxy) is 1. The minimum Gasteiger partial charge on any atom is -0.484 e. The Kier molecular flexibility index (Phi) is 5.82. The molecule has 0 aliphatic carbocycles. The van der Waals surface area contributed by atoms with Crippen LogP contribution in [-0.4, -0.2) is 41.0 Å². The van der Waals surface area contributed by atoms with Gasteiger partial charge in [-0.15, -0.1) is 10.2 Å². The molecule has 4 aromatic rings. The highest BCUT2D eigenvalue weighted by molar-refractivity contribution is 7.89. The molecule has 1 aliphatic heterocycles. The van der Waals surface area contributed by atoms with Crippen LogP contribution in [0, 0.1) is 6.92 Å². The van der Waals surface area contributed by atoms with E-state index in [1.54, 1.807) is 12.1 Å². The van der Waals surface area contributed by atoms with Gasteiger partial charge in [-0.3, -0.25) is 4.98 Å². The van der Waals surface area contributed by atoms with Crippen molar-refractivity contribution < 1.29 is 17.6 Å². The predicted molar refractivity (Wildman–Crippen MR) is 122 cm³/mol. The molecule has 3 heterocycles. The van der Waals surface area contributed by atoms with Crippen molar-refractivity contribution >= 4 is 20.9 Å². The van der Waals surface area contributed by atoms with Crippen molar-refractivity contribution in [2.75, 3.05) is 13.1 Å². The largest absolute Gasteiger partial charge is 0.484 e. The normalized spacial score (nSPS) is 17.3. The summed E-state index contributed by atoms with van der Waals surface area (Å²) in [7, 11) is -3.73. The second-order valence-corrected chi connectivity index (χ2v) is 10.0. The van der Waals surface area contributed by atoms with Crippen LogP contribution in [0.25, 0.3) is 10.9 Å². The van der Waals surface area contributed by atoms with E-state index in [0.717, 1.165) is 17.5 Å². The van der Waals surface area contributed by atoms with Gasteiger partial charge in [-0.1, -0.05) is 36.4 Å². The maximum atomic E-state index is 13.6. The fourth-order valence-corrected chi connectivity index (χ4v) is 5.76. The molecule has 5 rings (SSSR count). The number of sulfonamides is 1. The van der Waals surface area contributed by atoms with E-state index in [1.807, 2.05) is 55.5 Å². The Labute approximate surface area is 192 Å². The van der Waals surface area contributed by atoms with Crippen molar-refractivity contribution in [3.63, 3.8) is 0 Å². The Hall–Kier alpha value is -3.30. The van der Waals surface area contributed by atoms with Gasteiger partial charge in [0.1, 0.15) is 10.6 Å². The predicted octanol–water partition coefficient (Wildman–Crippen LogP) is 4.07. The van der Waals surface area contributed by atoms with Gasteiger partial charge in [-0.2, -0.15) is 4.31 Å². The summed E-state index contributed by atoms with van der Waals surface area (Å²) >= 11 is 0. The highest BCUT2D eigenvalue weighted by atomic mass is 32.2. The van der Waals surface area contributed by atoms with Crippen molar-refractivity contribution in [2.24, 2.45) is 0 Å². The van der Waals surface area contributed by atoms with Gasteiger partial charge in [-0.25, -0.2) is 8.42 Å². The molecule has 8 nitrogen and oxygen atoms in total. The number of aryl methyl sites for hydroxylation is 1. The SMILES string of the molecule is Cc1ccc2cccc(S(=O)(=O)N3CCCC(c4nnc(COc5ccccc5)o4)C3)c2n1. The van der Waals surface area contributed by atoms with Crippen LogP contribution >= 0.6 is 0 Å².